The number of hydrogen-bond acceptors (Lipinski definition) is 7. The molecule has 0 radical (unpaired) electrons. The Bertz CT molecular complexity index is 647. The molecule has 1 aromatic carbocycles. The standard InChI is InChI=1S/C14H17N5O2/c1-2-3-12-17-13(7-14(18-12)19-15)16-9-4-5-10-11(6-9)21-8-20-10/h4-7H,2-3,8,15H2,1H3,(H2,16,17,18,19). The average Bonchev–Trinajstić information content (AvgIpc) is 2.95. The summed E-state index contributed by atoms with van der Waals surface area (Å²) in [7, 11) is 0. The minimum absolute atomic E-state index is 0.258. The number of nitrogens with one attached hydrogen (secondary N) is 2. The van der Waals surface area contributed by atoms with E-state index in [2.05, 4.69) is 27.6 Å². The molecule has 1 aliphatic heterocycles. The van der Waals surface area contributed by atoms with Crippen LogP contribution in [0.4, 0.5) is 17.3 Å². The highest BCUT2D eigenvalue weighted by Gasteiger charge is 2.13. The number of aryl methyl sites for hydroxylation is 1. The zero-order chi connectivity index (χ0) is 14.7. The van der Waals surface area contributed by atoms with Crippen molar-refractivity contribution in [3.05, 3.63) is 30.1 Å². The predicted octanol–water partition coefficient (Wildman–Crippen LogP) is 2.19. The van der Waals surface area contributed by atoms with Crippen LogP contribution in [-0.4, -0.2) is 16.8 Å². The van der Waals surface area contributed by atoms with Gasteiger partial charge in [-0.2, -0.15) is 0 Å². The Morgan fingerprint density at radius 1 is 1.14 bits per heavy atom. The number of hydrogen-bond donors (Lipinski definition) is 3. The molecule has 2 aromatic rings. The SMILES string of the molecule is CCCc1nc(NN)cc(Nc2ccc3c(c2)OCO3)n1. The van der Waals surface area contributed by atoms with Gasteiger partial charge < -0.3 is 20.2 Å². The maximum absolute atomic E-state index is 5.45. The normalized spacial score (nSPS) is 12.3. The van der Waals surface area contributed by atoms with Crippen LogP contribution in [0.3, 0.4) is 0 Å². The van der Waals surface area contributed by atoms with Gasteiger partial charge in [-0.3, -0.25) is 0 Å². The second-order valence-corrected chi connectivity index (χ2v) is 4.64. The molecule has 0 aliphatic carbocycles. The summed E-state index contributed by atoms with van der Waals surface area (Å²) >= 11 is 0. The second kappa shape index (κ2) is 5.84. The van der Waals surface area contributed by atoms with Crippen LogP contribution in [0.25, 0.3) is 0 Å². The summed E-state index contributed by atoms with van der Waals surface area (Å²) in [6.45, 7) is 2.34. The van der Waals surface area contributed by atoms with E-state index >= 15 is 0 Å². The third-order valence-corrected chi connectivity index (χ3v) is 3.04. The minimum Gasteiger partial charge on any atom is -0.454 e. The molecule has 21 heavy (non-hydrogen) atoms. The van der Waals surface area contributed by atoms with E-state index in [4.69, 9.17) is 15.3 Å². The summed E-state index contributed by atoms with van der Waals surface area (Å²) in [4.78, 5) is 8.78. The molecule has 2 heterocycles. The first-order valence-electron chi connectivity index (χ1n) is 6.79. The fourth-order valence-corrected chi connectivity index (χ4v) is 2.09. The van der Waals surface area contributed by atoms with E-state index in [9.17, 15) is 0 Å². The Morgan fingerprint density at radius 3 is 2.76 bits per heavy atom. The molecular formula is C14H17N5O2. The minimum atomic E-state index is 0.258. The quantitative estimate of drug-likeness (QED) is 0.573. The van der Waals surface area contributed by atoms with E-state index in [1.807, 2.05) is 18.2 Å². The highest BCUT2D eigenvalue weighted by atomic mass is 16.7. The lowest BCUT2D eigenvalue weighted by Crippen LogP contribution is -2.11. The molecule has 110 valence electrons. The van der Waals surface area contributed by atoms with Gasteiger partial charge in [-0.15, -0.1) is 0 Å². The number of ether oxygens (including phenoxy) is 2. The van der Waals surface area contributed by atoms with E-state index in [0.717, 1.165) is 35.9 Å². The van der Waals surface area contributed by atoms with E-state index in [1.165, 1.54) is 0 Å². The summed E-state index contributed by atoms with van der Waals surface area (Å²) in [6, 6.07) is 7.40. The molecule has 1 aliphatic rings. The van der Waals surface area contributed by atoms with Gasteiger partial charge in [0.2, 0.25) is 6.79 Å². The van der Waals surface area contributed by atoms with Crippen LogP contribution in [0.15, 0.2) is 24.3 Å². The van der Waals surface area contributed by atoms with Gasteiger partial charge in [0.25, 0.3) is 0 Å². The van der Waals surface area contributed by atoms with Crippen molar-refractivity contribution in [2.75, 3.05) is 17.5 Å². The summed E-state index contributed by atoms with van der Waals surface area (Å²) in [5.41, 5.74) is 3.42. The Labute approximate surface area is 122 Å². The summed E-state index contributed by atoms with van der Waals surface area (Å²) in [5, 5.41) is 3.22. The van der Waals surface area contributed by atoms with Gasteiger partial charge in [0, 0.05) is 24.2 Å². The Balaban J connectivity index is 1.85. The summed E-state index contributed by atoms with van der Waals surface area (Å²) in [5.74, 6) is 8.93. The smallest absolute Gasteiger partial charge is 0.231 e. The molecular weight excluding hydrogens is 270 g/mol. The number of anilines is 3. The number of nitrogen functional groups attached to an aromatic ring is 1. The van der Waals surface area contributed by atoms with Crippen molar-refractivity contribution < 1.29 is 9.47 Å². The molecule has 3 rings (SSSR count). The molecule has 0 fully saturated rings. The highest BCUT2D eigenvalue weighted by molar-refractivity contribution is 5.63. The van der Waals surface area contributed by atoms with Gasteiger partial charge >= 0.3 is 0 Å². The number of nitrogens with zero attached hydrogens (tertiary/aromatic N) is 2. The van der Waals surface area contributed by atoms with E-state index in [1.54, 1.807) is 6.07 Å². The van der Waals surface area contributed by atoms with Crippen molar-refractivity contribution >= 4 is 17.3 Å². The molecule has 0 unspecified atom stereocenters. The average molecular weight is 287 g/mol. The molecule has 7 heteroatoms. The van der Waals surface area contributed by atoms with Gasteiger partial charge in [-0.1, -0.05) is 6.92 Å². The monoisotopic (exact) mass is 287 g/mol. The zero-order valence-electron chi connectivity index (χ0n) is 11.7. The topological polar surface area (TPSA) is 94.3 Å². The highest BCUT2D eigenvalue weighted by Crippen LogP contribution is 2.35. The van der Waals surface area contributed by atoms with Crippen LogP contribution < -0.4 is 26.1 Å². The molecule has 7 nitrogen and oxygen atoms in total. The lowest BCUT2D eigenvalue weighted by Gasteiger charge is -2.10. The van der Waals surface area contributed by atoms with Crippen molar-refractivity contribution in [2.45, 2.75) is 19.8 Å². The number of fused-ring (bicyclic) bond motifs is 1. The lowest BCUT2D eigenvalue weighted by molar-refractivity contribution is 0.174. The third kappa shape index (κ3) is 2.97. The van der Waals surface area contributed by atoms with Gasteiger partial charge in [0.15, 0.2) is 11.5 Å². The van der Waals surface area contributed by atoms with E-state index in [-0.39, 0.29) is 6.79 Å². The maximum atomic E-state index is 5.45. The molecule has 0 spiro atoms. The fraction of sp³-hybridized carbons (Fsp3) is 0.286. The van der Waals surface area contributed by atoms with Crippen LogP contribution >= 0.6 is 0 Å². The lowest BCUT2D eigenvalue weighted by atomic mass is 10.2. The predicted molar refractivity (Wildman–Crippen MR) is 79.7 cm³/mol. The van der Waals surface area contributed by atoms with Crippen LogP contribution in [0, 0.1) is 0 Å². The molecule has 0 amide bonds. The van der Waals surface area contributed by atoms with Gasteiger partial charge in [-0.05, 0) is 18.6 Å². The van der Waals surface area contributed by atoms with Crippen molar-refractivity contribution in [1.29, 1.82) is 0 Å². The first kappa shape index (κ1) is 13.4. The molecule has 0 bridgehead atoms. The zero-order valence-corrected chi connectivity index (χ0v) is 11.7. The van der Waals surface area contributed by atoms with Crippen LogP contribution in [0.2, 0.25) is 0 Å². The summed E-state index contributed by atoms with van der Waals surface area (Å²) in [6.07, 6.45) is 1.77. The molecule has 0 saturated heterocycles. The molecule has 1 aromatic heterocycles. The van der Waals surface area contributed by atoms with Gasteiger partial charge in [-0.25, -0.2) is 15.8 Å². The fourth-order valence-electron chi connectivity index (χ4n) is 2.09. The van der Waals surface area contributed by atoms with Gasteiger partial charge in [0.05, 0.1) is 0 Å². The van der Waals surface area contributed by atoms with Crippen LogP contribution in [0.1, 0.15) is 19.2 Å². The Hall–Kier alpha value is -2.54. The van der Waals surface area contributed by atoms with E-state index < -0.39 is 0 Å². The van der Waals surface area contributed by atoms with Crippen molar-refractivity contribution in [3.63, 3.8) is 0 Å². The largest absolute Gasteiger partial charge is 0.454 e. The molecule has 0 atom stereocenters. The van der Waals surface area contributed by atoms with Crippen molar-refractivity contribution in [2.24, 2.45) is 5.84 Å². The van der Waals surface area contributed by atoms with Crippen molar-refractivity contribution in [3.8, 4) is 11.5 Å². The van der Waals surface area contributed by atoms with Crippen LogP contribution in [0.5, 0.6) is 11.5 Å². The Kier molecular flexibility index (Phi) is 3.74. The number of rotatable bonds is 5. The van der Waals surface area contributed by atoms with Gasteiger partial charge in [0.1, 0.15) is 17.5 Å². The Morgan fingerprint density at radius 2 is 1.95 bits per heavy atom. The number of hydrazine groups is 1. The van der Waals surface area contributed by atoms with E-state index in [0.29, 0.717) is 11.6 Å². The summed E-state index contributed by atoms with van der Waals surface area (Å²) < 4.78 is 10.6. The second-order valence-electron chi connectivity index (χ2n) is 4.64. The molecule has 0 saturated carbocycles. The van der Waals surface area contributed by atoms with Crippen molar-refractivity contribution in [1.82, 2.24) is 9.97 Å². The first-order valence-corrected chi connectivity index (χ1v) is 6.79. The first-order chi connectivity index (χ1) is 10.3. The third-order valence-electron chi connectivity index (χ3n) is 3.04. The van der Waals surface area contributed by atoms with Crippen LogP contribution in [-0.2, 0) is 6.42 Å². The number of aromatic nitrogens is 2. The molecule has 4 N–H and O–H groups in total. The number of benzene rings is 1. The maximum Gasteiger partial charge on any atom is 0.231 e. The number of nitrogens with two attached hydrogens (primary N) is 1.